The highest BCUT2D eigenvalue weighted by atomic mass is 16.7. The number of aliphatic hydroxyl groups is 10. The van der Waals surface area contributed by atoms with Crippen LogP contribution in [0.25, 0.3) is 0 Å². The number of fused-ring (bicyclic) bond motifs is 5. The first-order valence-electron chi connectivity index (χ1n) is 19.9. The second-order valence-corrected chi connectivity index (χ2v) is 18.1. The molecule has 6 rings (SSSR count). The molecular weight excluding hydrogens is 692 g/mol. The first-order chi connectivity index (χ1) is 25.0. The number of ether oxygens (including phenoxy) is 4. The van der Waals surface area contributed by atoms with Gasteiger partial charge in [0, 0.05) is 11.8 Å². The molecule has 10 N–H and O–H groups in total. The van der Waals surface area contributed by atoms with Gasteiger partial charge >= 0.3 is 0 Å². The van der Waals surface area contributed by atoms with Gasteiger partial charge in [-0.1, -0.05) is 46.3 Å². The zero-order chi connectivity index (χ0) is 38.7. The summed E-state index contributed by atoms with van der Waals surface area (Å²) >= 11 is 0. The fourth-order valence-corrected chi connectivity index (χ4v) is 11.7. The van der Waals surface area contributed by atoms with E-state index in [1.807, 2.05) is 0 Å². The summed E-state index contributed by atoms with van der Waals surface area (Å²) in [4.78, 5) is 0. The number of hydrogen-bond acceptors (Lipinski definition) is 14. The van der Waals surface area contributed by atoms with E-state index in [0.29, 0.717) is 25.2 Å². The fraction of sp³-hybridized carbons (Fsp3) is 0.949. The van der Waals surface area contributed by atoms with E-state index in [0.717, 1.165) is 31.3 Å². The Morgan fingerprint density at radius 2 is 1.36 bits per heavy atom. The molecule has 0 aromatic rings. The summed E-state index contributed by atoms with van der Waals surface area (Å²) in [5.74, 6) is 0.371. The lowest BCUT2D eigenvalue weighted by atomic mass is 9.46. The molecular formula is C39H66O14. The third-order valence-corrected chi connectivity index (χ3v) is 14.7. The molecule has 5 fully saturated rings. The van der Waals surface area contributed by atoms with E-state index in [1.54, 1.807) is 0 Å². The molecule has 14 heteroatoms. The molecule has 53 heavy (non-hydrogen) atoms. The molecule has 14 nitrogen and oxygen atoms in total. The van der Waals surface area contributed by atoms with Crippen molar-refractivity contribution in [3.8, 4) is 0 Å². The average Bonchev–Trinajstić information content (AvgIpc) is 3.42. The Labute approximate surface area is 312 Å². The minimum atomic E-state index is -1.59. The van der Waals surface area contributed by atoms with Crippen molar-refractivity contribution in [2.75, 3.05) is 13.2 Å². The summed E-state index contributed by atoms with van der Waals surface area (Å²) in [6, 6.07) is 0. The molecule has 6 aliphatic rings. The van der Waals surface area contributed by atoms with E-state index in [1.165, 1.54) is 0 Å². The maximum Gasteiger partial charge on any atom is 0.187 e. The van der Waals surface area contributed by atoms with Gasteiger partial charge in [0.15, 0.2) is 12.6 Å². The number of rotatable bonds is 11. The Hall–Kier alpha value is -0.820. The second-order valence-electron chi connectivity index (χ2n) is 18.1. The fourth-order valence-electron chi connectivity index (χ4n) is 11.7. The van der Waals surface area contributed by atoms with E-state index < -0.39 is 104 Å². The lowest BCUT2D eigenvalue weighted by Gasteiger charge is -2.60. The molecule has 0 unspecified atom stereocenters. The van der Waals surface area contributed by atoms with Gasteiger partial charge < -0.3 is 70.0 Å². The summed E-state index contributed by atoms with van der Waals surface area (Å²) in [7, 11) is 0. The van der Waals surface area contributed by atoms with E-state index in [9.17, 15) is 51.1 Å². The molecule has 0 aromatic carbocycles. The zero-order valence-corrected chi connectivity index (χ0v) is 31.8. The van der Waals surface area contributed by atoms with Gasteiger partial charge in [-0.05, 0) is 85.9 Å². The van der Waals surface area contributed by atoms with Crippen LogP contribution in [-0.2, 0) is 18.9 Å². The largest absolute Gasteiger partial charge is 0.394 e. The molecule has 2 saturated heterocycles. The minimum absolute atomic E-state index is 0.0794. The van der Waals surface area contributed by atoms with Crippen LogP contribution in [-0.4, -0.2) is 150 Å². The second kappa shape index (κ2) is 16.2. The van der Waals surface area contributed by atoms with Crippen LogP contribution < -0.4 is 0 Å². The molecule has 306 valence electrons. The lowest BCUT2D eigenvalue weighted by molar-refractivity contribution is -0.324. The molecule has 2 aliphatic heterocycles. The monoisotopic (exact) mass is 758 g/mol. The third-order valence-electron chi connectivity index (χ3n) is 14.7. The van der Waals surface area contributed by atoms with Crippen molar-refractivity contribution in [2.24, 2.45) is 46.3 Å². The highest BCUT2D eigenvalue weighted by Crippen LogP contribution is 2.68. The van der Waals surface area contributed by atoms with Crippen LogP contribution in [0.1, 0.15) is 86.0 Å². The van der Waals surface area contributed by atoms with Gasteiger partial charge in [0.25, 0.3) is 0 Å². The molecule has 2 heterocycles. The maximum absolute atomic E-state index is 11.6. The molecule has 21 atom stereocenters. The molecule has 0 aromatic heterocycles. The SMILES string of the molecule is CC(C)CC[C@H](O)[C@@H](C)[C@H]1[C@@H](O[C@H]2O[C@@H](CO)[C@H](O)[C@@H](O)[C@@H]2O)C[C@H]2[C@@H]3CC=C4C[C@@H](O)C[C@H](O[C@@H]5O[C@H](CO)[C@H](O)[C@H](O)[C@@H]5O)[C@@]4(C)[C@H]3CC[C@]12C. The van der Waals surface area contributed by atoms with Crippen LogP contribution in [0.4, 0.5) is 0 Å². The highest BCUT2D eigenvalue weighted by molar-refractivity contribution is 5.28. The molecule has 0 radical (unpaired) electrons. The standard InChI is InChI=1S/C39H66O14/c1-17(2)6-9-24(43)18(3)29-25(50-36-34(48)32(46)30(44)26(15-40)51-36)14-23-21-8-7-19-12-20(42)13-28(39(19,5)22(21)10-11-38(23,29)4)53-37-35(49)33(47)31(45)27(16-41)52-37/h7,17-18,20-37,40-49H,6,8-16H2,1-5H3/t18-,20-,21-,22+,23+,24+,25+,26+,27-,28+,29+,30+,31+,32-,33+,34+,35+,36+,37+,38+,39-/m1/s1. The van der Waals surface area contributed by atoms with E-state index >= 15 is 0 Å². The molecule has 4 aliphatic carbocycles. The van der Waals surface area contributed by atoms with Gasteiger partial charge in [-0.25, -0.2) is 0 Å². The van der Waals surface area contributed by atoms with E-state index in [2.05, 4.69) is 40.7 Å². The summed E-state index contributed by atoms with van der Waals surface area (Å²) < 4.78 is 24.8. The summed E-state index contributed by atoms with van der Waals surface area (Å²) in [6.45, 7) is 9.58. The van der Waals surface area contributed by atoms with Crippen molar-refractivity contribution in [3.05, 3.63) is 11.6 Å². The average molecular weight is 759 g/mol. The van der Waals surface area contributed by atoms with Crippen LogP contribution in [0.15, 0.2) is 11.6 Å². The van der Waals surface area contributed by atoms with Crippen LogP contribution in [0.2, 0.25) is 0 Å². The van der Waals surface area contributed by atoms with Gasteiger partial charge in [0.2, 0.25) is 0 Å². The predicted octanol–water partition coefficient (Wildman–Crippen LogP) is -0.0505. The normalized spacial score (nSPS) is 51.2. The Morgan fingerprint density at radius 3 is 1.92 bits per heavy atom. The van der Waals surface area contributed by atoms with E-state index in [-0.39, 0.29) is 41.4 Å². The Balaban J connectivity index is 1.31. The summed E-state index contributed by atoms with van der Waals surface area (Å²) in [6.07, 6.45) is -9.27. The van der Waals surface area contributed by atoms with Crippen molar-refractivity contribution in [2.45, 2.75) is 172 Å². The van der Waals surface area contributed by atoms with Gasteiger partial charge in [0.05, 0.1) is 37.6 Å². The van der Waals surface area contributed by atoms with Gasteiger partial charge in [-0.3, -0.25) is 0 Å². The summed E-state index contributed by atoms with van der Waals surface area (Å²) in [5.41, 5.74) is 0.176. The molecule has 0 spiro atoms. The topological polar surface area (TPSA) is 239 Å². The van der Waals surface area contributed by atoms with Gasteiger partial charge in [-0.15, -0.1) is 0 Å². The predicted molar refractivity (Wildman–Crippen MR) is 188 cm³/mol. The van der Waals surface area contributed by atoms with Crippen molar-refractivity contribution in [3.63, 3.8) is 0 Å². The quantitative estimate of drug-likeness (QED) is 0.124. The third kappa shape index (κ3) is 7.42. The van der Waals surface area contributed by atoms with Gasteiger partial charge in [-0.2, -0.15) is 0 Å². The van der Waals surface area contributed by atoms with Gasteiger partial charge in [0.1, 0.15) is 48.8 Å². The first-order valence-corrected chi connectivity index (χ1v) is 19.9. The maximum atomic E-state index is 11.6. The molecule has 0 amide bonds. The van der Waals surface area contributed by atoms with Crippen LogP contribution in [0.3, 0.4) is 0 Å². The Morgan fingerprint density at radius 1 is 0.774 bits per heavy atom. The Bertz CT molecular complexity index is 1260. The van der Waals surface area contributed by atoms with Crippen molar-refractivity contribution in [1.29, 1.82) is 0 Å². The van der Waals surface area contributed by atoms with Crippen LogP contribution in [0.5, 0.6) is 0 Å². The van der Waals surface area contributed by atoms with Crippen molar-refractivity contribution in [1.82, 2.24) is 0 Å². The highest BCUT2D eigenvalue weighted by Gasteiger charge is 2.65. The minimum Gasteiger partial charge on any atom is -0.394 e. The number of aliphatic hydroxyl groups excluding tert-OH is 10. The first kappa shape index (κ1) is 41.8. The lowest BCUT2D eigenvalue weighted by Crippen LogP contribution is -2.62. The summed E-state index contributed by atoms with van der Waals surface area (Å²) in [5, 5.41) is 106. The van der Waals surface area contributed by atoms with Crippen LogP contribution >= 0.6 is 0 Å². The smallest absolute Gasteiger partial charge is 0.187 e. The number of hydrogen-bond donors (Lipinski definition) is 10. The zero-order valence-electron chi connectivity index (χ0n) is 31.8. The van der Waals surface area contributed by atoms with Crippen molar-refractivity contribution < 1.29 is 70.0 Å². The molecule has 3 saturated carbocycles. The molecule has 0 bridgehead atoms. The van der Waals surface area contributed by atoms with Crippen molar-refractivity contribution >= 4 is 0 Å². The van der Waals surface area contributed by atoms with Crippen LogP contribution in [0, 0.1) is 46.3 Å². The van der Waals surface area contributed by atoms with E-state index in [4.69, 9.17) is 18.9 Å². The number of allylic oxidation sites excluding steroid dienone is 1. The Kier molecular flexibility index (Phi) is 12.8.